The minimum atomic E-state index is 0.677. The first kappa shape index (κ1) is 12.0. The second kappa shape index (κ2) is 4.28. The number of anilines is 1. The molecule has 3 rings (SSSR count). The summed E-state index contributed by atoms with van der Waals surface area (Å²) in [6.07, 6.45) is 0. The van der Waals surface area contributed by atoms with Crippen LogP contribution in [0.25, 0.3) is 21.7 Å². The number of hydrogen-bond acceptors (Lipinski definition) is 4. The molecule has 0 radical (unpaired) electrons. The Morgan fingerprint density at radius 2 is 2.16 bits per heavy atom. The Labute approximate surface area is 115 Å². The molecule has 2 N–H and O–H groups in total. The number of aromatic nitrogens is 2. The van der Waals surface area contributed by atoms with Crippen molar-refractivity contribution in [3.63, 3.8) is 0 Å². The largest absolute Gasteiger partial charge is 0.466 e. The van der Waals surface area contributed by atoms with Gasteiger partial charge in [-0.05, 0) is 31.4 Å². The van der Waals surface area contributed by atoms with E-state index in [4.69, 9.17) is 10.2 Å². The van der Waals surface area contributed by atoms with Gasteiger partial charge in [0, 0.05) is 17.5 Å². The number of furan rings is 1. The molecule has 0 aliphatic rings. The number of rotatable bonds is 2. The van der Waals surface area contributed by atoms with E-state index in [-0.39, 0.29) is 0 Å². The molecule has 3 aromatic rings. The fourth-order valence-electron chi connectivity index (χ4n) is 2.26. The van der Waals surface area contributed by atoms with Crippen LogP contribution < -0.4 is 5.73 Å². The van der Waals surface area contributed by atoms with Gasteiger partial charge in [0.1, 0.15) is 23.0 Å². The second-order valence-electron chi connectivity index (χ2n) is 4.54. The average Bonchev–Trinajstić information content (AvgIpc) is 3.02. The molecule has 0 spiro atoms. The van der Waals surface area contributed by atoms with Crippen LogP contribution in [0.2, 0.25) is 0 Å². The van der Waals surface area contributed by atoms with E-state index in [0.29, 0.717) is 5.82 Å². The van der Waals surface area contributed by atoms with Crippen LogP contribution in [0.3, 0.4) is 0 Å². The minimum absolute atomic E-state index is 0.677. The van der Waals surface area contributed by atoms with Crippen LogP contribution >= 0.6 is 11.3 Å². The number of nitrogens with zero attached hydrogens (tertiary/aromatic N) is 2. The van der Waals surface area contributed by atoms with Crippen molar-refractivity contribution in [2.75, 3.05) is 5.73 Å². The number of nitrogen functional groups attached to an aromatic ring is 1. The van der Waals surface area contributed by atoms with E-state index in [9.17, 15) is 0 Å². The highest BCUT2D eigenvalue weighted by molar-refractivity contribution is 7.13. The predicted molar refractivity (Wildman–Crippen MR) is 78.1 cm³/mol. The molecule has 0 atom stereocenters. The van der Waals surface area contributed by atoms with Crippen molar-refractivity contribution in [2.45, 2.75) is 13.8 Å². The summed E-state index contributed by atoms with van der Waals surface area (Å²) in [5.74, 6) is 2.43. The molecule has 0 saturated carbocycles. The van der Waals surface area contributed by atoms with Gasteiger partial charge in [-0.3, -0.25) is 4.68 Å². The van der Waals surface area contributed by atoms with Crippen molar-refractivity contribution >= 4 is 17.2 Å². The summed E-state index contributed by atoms with van der Waals surface area (Å²) in [5, 5.41) is 6.59. The fourth-order valence-corrected chi connectivity index (χ4v) is 3.04. The highest BCUT2D eigenvalue weighted by Gasteiger charge is 2.21. The van der Waals surface area contributed by atoms with E-state index in [1.54, 1.807) is 16.0 Å². The highest BCUT2D eigenvalue weighted by Crippen LogP contribution is 2.39. The van der Waals surface area contributed by atoms with Gasteiger partial charge in [-0.1, -0.05) is 6.07 Å². The summed E-state index contributed by atoms with van der Waals surface area (Å²) in [7, 11) is 1.86. The van der Waals surface area contributed by atoms with E-state index in [1.807, 2.05) is 38.4 Å². The van der Waals surface area contributed by atoms with E-state index < -0.39 is 0 Å². The lowest BCUT2D eigenvalue weighted by atomic mass is 10.1. The van der Waals surface area contributed by atoms with Crippen molar-refractivity contribution in [1.82, 2.24) is 9.78 Å². The van der Waals surface area contributed by atoms with Crippen molar-refractivity contribution in [3.8, 4) is 21.7 Å². The zero-order valence-electron chi connectivity index (χ0n) is 11.1. The normalized spacial score (nSPS) is 11.1. The van der Waals surface area contributed by atoms with Crippen molar-refractivity contribution in [1.29, 1.82) is 0 Å². The zero-order valence-corrected chi connectivity index (χ0v) is 11.9. The third-order valence-corrected chi connectivity index (χ3v) is 4.04. The van der Waals surface area contributed by atoms with Crippen molar-refractivity contribution in [2.24, 2.45) is 7.05 Å². The van der Waals surface area contributed by atoms with Crippen molar-refractivity contribution < 1.29 is 4.42 Å². The Morgan fingerprint density at radius 3 is 2.74 bits per heavy atom. The quantitative estimate of drug-likeness (QED) is 0.776. The van der Waals surface area contributed by atoms with Gasteiger partial charge < -0.3 is 10.2 Å². The molecule has 0 saturated heterocycles. The summed E-state index contributed by atoms with van der Waals surface area (Å²) in [5.41, 5.74) is 9.05. The van der Waals surface area contributed by atoms with Gasteiger partial charge in [-0.25, -0.2) is 0 Å². The Morgan fingerprint density at radius 1 is 1.37 bits per heavy atom. The molecule has 4 nitrogen and oxygen atoms in total. The van der Waals surface area contributed by atoms with Crippen LogP contribution in [0.4, 0.5) is 5.82 Å². The molecule has 5 heteroatoms. The molecule has 0 aliphatic heterocycles. The number of thiophene rings is 1. The highest BCUT2D eigenvalue weighted by atomic mass is 32.1. The first-order valence-corrected chi connectivity index (χ1v) is 6.89. The summed E-state index contributed by atoms with van der Waals surface area (Å²) >= 11 is 1.66. The molecular weight excluding hydrogens is 258 g/mol. The maximum Gasteiger partial charge on any atom is 0.130 e. The average molecular weight is 273 g/mol. The summed E-state index contributed by atoms with van der Waals surface area (Å²) in [6, 6.07) is 6.09. The molecule has 0 unspecified atom stereocenters. The van der Waals surface area contributed by atoms with E-state index in [2.05, 4.69) is 11.2 Å². The third-order valence-electron chi connectivity index (χ3n) is 3.16. The summed E-state index contributed by atoms with van der Waals surface area (Å²) in [4.78, 5) is 1.12. The smallest absolute Gasteiger partial charge is 0.130 e. The Bertz CT molecular complexity index is 722. The molecular formula is C14H15N3OS. The molecule has 0 bridgehead atoms. The van der Waals surface area contributed by atoms with Gasteiger partial charge in [0.25, 0.3) is 0 Å². The molecule has 98 valence electrons. The van der Waals surface area contributed by atoms with Gasteiger partial charge in [-0.2, -0.15) is 5.10 Å². The number of nitrogens with two attached hydrogens (primary N) is 1. The van der Waals surface area contributed by atoms with Gasteiger partial charge in [-0.15, -0.1) is 11.3 Å². The first-order valence-electron chi connectivity index (χ1n) is 6.01. The molecule has 0 aromatic carbocycles. The third kappa shape index (κ3) is 1.86. The van der Waals surface area contributed by atoms with Crippen LogP contribution in [0.5, 0.6) is 0 Å². The maximum absolute atomic E-state index is 6.17. The molecule has 0 aliphatic carbocycles. The topological polar surface area (TPSA) is 57.0 Å². The molecule has 3 heterocycles. The fraction of sp³-hybridized carbons (Fsp3) is 0.214. The van der Waals surface area contributed by atoms with Gasteiger partial charge in [0.05, 0.1) is 5.56 Å². The lowest BCUT2D eigenvalue weighted by Gasteiger charge is -2.00. The van der Waals surface area contributed by atoms with Crippen LogP contribution in [0.15, 0.2) is 28.0 Å². The first-order chi connectivity index (χ1) is 9.08. The van der Waals surface area contributed by atoms with E-state index in [0.717, 1.165) is 33.2 Å². The Kier molecular flexibility index (Phi) is 2.71. The van der Waals surface area contributed by atoms with Crippen LogP contribution in [-0.4, -0.2) is 9.78 Å². The second-order valence-corrected chi connectivity index (χ2v) is 5.48. The minimum Gasteiger partial charge on any atom is -0.466 e. The zero-order chi connectivity index (χ0) is 13.6. The Balaban J connectivity index is 2.28. The van der Waals surface area contributed by atoms with E-state index in [1.165, 1.54) is 0 Å². The van der Waals surface area contributed by atoms with Gasteiger partial charge >= 0.3 is 0 Å². The molecule has 3 aromatic heterocycles. The predicted octanol–water partition coefficient (Wildman–Crippen LogP) is 3.61. The Hall–Kier alpha value is -2.01. The number of aryl methyl sites for hydroxylation is 3. The molecule has 19 heavy (non-hydrogen) atoms. The van der Waals surface area contributed by atoms with Crippen LogP contribution in [0, 0.1) is 13.8 Å². The standard InChI is InChI=1S/C14H15N3OS/c1-8-7-10(9(2)18-8)13-12(11-5-4-6-19-11)14(15)17(3)16-13/h4-7H,15H2,1-3H3. The van der Waals surface area contributed by atoms with Crippen LogP contribution in [-0.2, 0) is 7.05 Å². The summed E-state index contributed by atoms with van der Waals surface area (Å²) < 4.78 is 7.32. The monoisotopic (exact) mass is 273 g/mol. The van der Waals surface area contributed by atoms with Crippen LogP contribution in [0.1, 0.15) is 11.5 Å². The molecule has 0 fully saturated rings. The van der Waals surface area contributed by atoms with Gasteiger partial charge in [0.2, 0.25) is 0 Å². The van der Waals surface area contributed by atoms with Gasteiger partial charge in [0.15, 0.2) is 0 Å². The maximum atomic E-state index is 6.17. The SMILES string of the molecule is Cc1cc(-c2nn(C)c(N)c2-c2cccs2)c(C)o1. The summed E-state index contributed by atoms with van der Waals surface area (Å²) in [6.45, 7) is 3.89. The lowest BCUT2D eigenvalue weighted by Crippen LogP contribution is -1.97. The lowest BCUT2D eigenvalue weighted by molar-refractivity contribution is 0.505. The molecule has 0 amide bonds. The van der Waals surface area contributed by atoms with E-state index >= 15 is 0 Å². The number of hydrogen-bond donors (Lipinski definition) is 1. The van der Waals surface area contributed by atoms with Crippen molar-refractivity contribution in [3.05, 3.63) is 35.1 Å².